The molecule has 1 aromatic rings. The fourth-order valence-electron chi connectivity index (χ4n) is 3.22. The lowest BCUT2D eigenvalue weighted by Gasteiger charge is -2.27. The average molecular weight is 321 g/mol. The lowest BCUT2D eigenvalue weighted by molar-refractivity contribution is -0.155. The number of nitrogens with zero attached hydrogens (tertiary/aromatic N) is 2. The molecule has 128 valence electrons. The maximum absolute atomic E-state index is 12.5. The standard InChI is InChI=1S/C17H27N3O3/c1-2-23-17(22)15(14-7-4-3-5-8-14)16(21)19-9-6-11-20-12-10-18-13-20/h10,12-15H,2-9,11H2,1H3,(H,19,21)/t15-/m1/s1. The van der Waals surface area contributed by atoms with Crippen molar-refractivity contribution in [2.24, 2.45) is 11.8 Å². The highest BCUT2D eigenvalue weighted by Crippen LogP contribution is 2.31. The summed E-state index contributed by atoms with van der Waals surface area (Å²) in [5.41, 5.74) is 0. The summed E-state index contributed by atoms with van der Waals surface area (Å²) >= 11 is 0. The second-order valence-corrected chi connectivity index (χ2v) is 6.07. The van der Waals surface area contributed by atoms with E-state index < -0.39 is 5.92 Å². The van der Waals surface area contributed by atoms with Crippen molar-refractivity contribution < 1.29 is 14.3 Å². The smallest absolute Gasteiger partial charge is 0.318 e. The molecule has 1 heterocycles. The molecule has 0 bridgehead atoms. The minimum atomic E-state index is -0.650. The van der Waals surface area contributed by atoms with E-state index >= 15 is 0 Å². The molecule has 0 radical (unpaired) electrons. The van der Waals surface area contributed by atoms with E-state index in [1.54, 1.807) is 19.4 Å². The zero-order chi connectivity index (χ0) is 16.5. The Balaban J connectivity index is 1.83. The van der Waals surface area contributed by atoms with Gasteiger partial charge in [-0.05, 0) is 32.1 Å². The Morgan fingerprint density at radius 2 is 2.13 bits per heavy atom. The van der Waals surface area contributed by atoms with Crippen molar-refractivity contribution in [2.45, 2.75) is 52.0 Å². The zero-order valence-electron chi connectivity index (χ0n) is 13.9. The molecule has 0 aliphatic heterocycles. The first kappa shape index (κ1) is 17.5. The Hall–Kier alpha value is -1.85. The first-order valence-electron chi connectivity index (χ1n) is 8.62. The van der Waals surface area contributed by atoms with E-state index in [0.29, 0.717) is 13.2 Å². The van der Waals surface area contributed by atoms with Crippen LogP contribution in [0.2, 0.25) is 0 Å². The van der Waals surface area contributed by atoms with Gasteiger partial charge in [0, 0.05) is 25.5 Å². The van der Waals surface area contributed by atoms with Crippen LogP contribution in [0, 0.1) is 11.8 Å². The van der Waals surface area contributed by atoms with Gasteiger partial charge in [-0.1, -0.05) is 19.3 Å². The Labute approximate surface area is 137 Å². The summed E-state index contributed by atoms with van der Waals surface area (Å²) in [4.78, 5) is 28.7. The predicted molar refractivity (Wildman–Crippen MR) is 86.6 cm³/mol. The largest absolute Gasteiger partial charge is 0.465 e. The number of aryl methyl sites for hydroxylation is 1. The van der Waals surface area contributed by atoms with Crippen LogP contribution in [-0.2, 0) is 20.9 Å². The Bertz CT molecular complexity index is 481. The van der Waals surface area contributed by atoms with E-state index in [1.807, 2.05) is 10.8 Å². The summed E-state index contributed by atoms with van der Waals surface area (Å²) in [6, 6.07) is 0. The molecule has 1 aliphatic rings. The van der Waals surface area contributed by atoms with Gasteiger partial charge in [-0.25, -0.2) is 4.98 Å². The molecule has 1 aliphatic carbocycles. The third-order valence-corrected chi connectivity index (χ3v) is 4.40. The number of hydrogen-bond donors (Lipinski definition) is 1. The van der Waals surface area contributed by atoms with Crippen LogP contribution in [-0.4, -0.2) is 34.6 Å². The van der Waals surface area contributed by atoms with Crippen LogP contribution >= 0.6 is 0 Å². The lowest BCUT2D eigenvalue weighted by Crippen LogP contribution is -2.42. The van der Waals surface area contributed by atoms with Gasteiger partial charge in [0.2, 0.25) is 5.91 Å². The second-order valence-electron chi connectivity index (χ2n) is 6.07. The molecule has 6 nitrogen and oxygen atoms in total. The molecule has 1 atom stereocenters. The topological polar surface area (TPSA) is 73.2 Å². The maximum atomic E-state index is 12.5. The number of aromatic nitrogens is 2. The number of carbonyl (C=O) groups is 2. The van der Waals surface area contributed by atoms with Crippen LogP contribution in [0.15, 0.2) is 18.7 Å². The average Bonchev–Trinajstić information content (AvgIpc) is 3.06. The molecule has 1 saturated carbocycles. The highest BCUT2D eigenvalue weighted by molar-refractivity contribution is 5.98. The van der Waals surface area contributed by atoms with Crippen molar-refractivity contribution in [3.05, 3.63) is 18.7 Å². The maximum Gasteiger partial charge on any atom is 0.318 e. The minimum absolute atomic E-state index is 0.122. The van der Waals surface area contributed by atoms with Gasteiger partial charge in [0.25, 0.3) is 0 Å². The third-order valence-electron chi connectivity index (χ3n) is 4.40. The number of esters is 1. The summed E-state index contributed by atoms with van der Waals surface area (Å²) in [5, 5.41) is 2.91. The fraction of sp³-hybridized carbons (Fsp3) is 0.706. The zero-order valence-corrected chi connectivity index (χ0v) is 13.9. The van der Waals surface area contributed by atoms with E-state index in [2.05, 4.69) is 10.3 Å². The van der Waals surface area contributed by atoms with Crippen LogP contribution < -0.4 is 5.32 Å². The molecule has 2 rings (SSSR count). The van der Waals surface area contributed by atoms with Crippen LogP contribution in [0.4, 0.5) is 0 Å². The van der Waals surface area contributed by atoms with Crippen molar-refractivity contribution in [1.29, 1.82) is 0 Å². The Kier molecular flexibility index (Phi) is 7.10. The summed E-state index contributed by atoms with van der Waals surface area (Å²) < 4.78 is 7.10. The summed E-state index contributed by atoms with van der Waals surface area (Å²) in [7, 11) is 0. The molecule has 0 aromatic carbocycles. The van der Waals surface area contributed by atoms with Gasteiger partial charge in [-0.3, -0.25) is 9.59 Å². The lowest BCUT2D eigenvalue weighted by atomic mass is 9.79. The van der Waals surface area contributed by atoms with E-state index in [-0.39, 0.29) is 17.8 Å². The molecule has 1 aromatic heterocycles. The molecule has 6 heteroatoms. The highest BCUT2D eigenvalue weighted by Gasteiger charge is 2.36. The number of ether oxygens (including phenoxy) is 1. The molecule has 1 amide bonds. The van der Waals surface area contributed by atoms with E-state index in [1.165, 1.54) is 6.42 Å². The van der Waals surface area contributed by atoms with Gasteiger partial charge in [-0.2, -0.15) is 0 Å². The van der Waals surface area contributed by atoms with Gasteiger partial charge < -0.3 is 14.6 Å². The van der Waals surface area contributed by atoms with Gasteiger partial charge >= 0.3 is 5.97 Å². The molecule has 0 saturated heterocycles. The van der Waals surface area contributed by atoms with Gasteiger partial charge in [0.1, 0.15) is 5.92 Å². The van der Waals surface area contributed by atoms with Crippen molar-refractivity contribution in [3.63, 3.8) is 0 Å². The van der Waals surface area contributed by atoms with Crippen molar-refractivity contribution in [1.82, 2.24) is 14.9 Å². The van der Waals surface area contributed by atoms with Crippen molar-refractivity contribution >= 4 is 11.9 Å². The highest BCUT2D eigenvalue weighted by atomic mass is 16.5. The summed E-state index contributed by atoms with van der Waals surface area (Å²) in [6.45, 7) is 3.45. The SMILES string of the molecule is CCOC(=O)[C@@H](C(=O)NCCCn1ccnc1)C1CCCCC1. The summed E-state index contributed by atoms with van der Waals surface area (Å²) in [6.07, 6.45) is 11.4. The molecule has 0 spiro atoms. The molecular weight excluding hydrogens is 294 g/mol. The molecule has 1 fully saturated rings. The quantitative estimate of drug-likeness (QED) is 0.452. The minimum Gasteiger partial charge on any atom is -0.465 e. The number of nitrogens with one attached hydrogen (secondary N) is 1. The number of rotatable bonds is 8. The molecular formula is C17H27N3O3. The van der Waals surface area contributed by atoms with E-state index in [4.69, 9.17) is 4.74 Å². The first-order valence-corrected chi connectivity index (χ1v) is 8.62. The number of amides is 1. The number of imidazole rings is 1. The van der Waals surface area contributed by atoms with Crippen LogP contribution in [0.5, 0.6) is 0 Å². The van der Waals surface area contributed by atoms with Crippen LogP contribution in [0.3, 0.4) is 0 Å². The second kappa shape index (κ2) is 9.33. The van der Waals surface area contributed by atoms with Crippen LogP contribution in [0.25, 0.3) is 0 Å². The normalized spacial score (nSPS) is 16.7. The first-order chi connectivity index (χ1) is 11.2. The van der Waals surface area contributed by atoms with E-state index in [9.17, 15) is 9.59 Å². The summed E-state index contributed by atoms with van der Waals surface area (Å²) in [5.74, 6) is -1.08. The molecule has 23 heavy (non-hydrogen) atoms. The fourth-order valence-corrected chi connectivity index (χ4v) is 3.22. The van der Waals surface area contributed by atoms with Gasteiger partial charge in [0.15, 0.2) is 0 Å². The van der Waals surface area contributed by atoms with Crippen LogP contribution in [0.1, 0.15) is 45.4 Å². The Morgan fingerprint density at radius 3 is 2.78 bits per heavy atom. The monoisotopic (exact) mass is 321 g/mol. The third kappa shape index (κ3) is 5.37. The molecule has 0 unspecified atom stereocenters. The van der Waals surface area contributed by atoms with Gasteiger partial charge in [-0.15, -0.1) is 0 Å². The van der Waals surface area contributed by atoms with Crippen molar-refractivity contribution in [3.8, 4) is 0 Å². The number of carbonyl (C=O) groups excluding carboxylic acids is 2. The number of hydrogen-bond acceptors (Lipinski definition) is 4. The van der Waals surface area contributed by atoms with Gasteiger partial charge in [0.05, 0.1) is 12.9 Å². The Morgan fingerprint density at radius 1 is 1.35 bits per heavy atom. The van der Waals surface area contributed by atoms with E-state index in [0.717, 1.165) is 38.6 Å². The molecule has 1 N–H and O–H groups in total. The van der Waals surface area contributed by atoms with Crippen molar-refractivity contribution in [2.75, 3.05) is 13.2 Å². The predicted octanol–water partition coefficient (Wildman–Crippen LogP) is 2.15.